The number of carbonyl (C=O) groups excluding carboxylic acids is 1. The van der Waals surface area contributed by atoms with Gasteiger partial charge in [0.25, 0.3) is 0 Å². The molecule has 6 nitrogen and oxygen atoms in total. The van der Waals surface area contributed by atoms with Gasteiger partial charge in [0.05, 0.1) is 11.2 Å². The summed E-state index contributed by atoms with van der Waals surface area (Å²) < 4.78 is -1.82. The number of halogens is 3. The molecule has 0 aliphatic carbocycles. The lowest BCUT2D eigenvalue weighted by Gasteiger charge is -2.34. The van der Waals surface area contributed by atoms with Crippen LogP contribution >= 0.6 is 47.0 Å². The Kier molecular flexibility index (Phi) is 6.95. The van der Waals surface area contributed by atoms with Crippen molar-refractivity contribution < 1.29 is 4.79 Å². The minimum atomic E-state index is -1.82. The van der Waals surface area contributed by atoms with Crippen LogP contribution in [0.15, 0.2) is 66.9 Å². The summed E-state index contributed by atoms with van der Waals surface area (Å²) in [6.07, 6.45) is 3.80. The number of nitrogens with two attached hydrogens (primary N) is 1. The van der Waals surface area contributed by atoms with Gasteiger partial charge < -0.3 is 20.9 Å². The zero-order valence-electron chi connectivity index (χ0n) is 17.3. The molecule has 3 aromatic rings. The monoisotopic (exact) mass is 519 g/mol. The first-order valence-corrected chi connectivity index (χ1v) is 11.6. The summed E-state index contributed by atoms with van der Waals surface area (Å²) in [5.41, 5.74) is 8.83. The lowest BCUT2D eigenvalue weighted by Crippen LogP contribution is -2.56. The molecule has 2 heterocycles. The van der Waals surface area contributed by atoms with Gasteiger partial charge in [-0.05, 0) is 48.1 Å². The van der Waals surface area contributed by atoms with Crippen LogP contribution in [0.4, 0.5) is 11.4 Å². The number of alkyl halides is 3. The van der Waals surface area contributed by atoms with Crippen molar-refractivity contribution >= 4 is 86.4 Å². The SMILES string of the molecule is Nc1ccc(/C=C/C(=O)NC(N2CCN(c3cccc4cccnc34)C2=S)C(Cl)(Cl)Cl)cc1. The minimum absolute atomic E-state index is 0.420. The molecule has 1 unspecified atom stereocenters. The van der Waals surface area contributed by atoms with Crippen LogP contribution in [-0.2, 0) is 4.79 Å². The molecular formula is C23H20Cl3N5OS. The zero-order chi connectivity index (χ0) is 23.6. The zero-order valence-corrected chi connectivity index (χ0v) is 20.4. The second kappa shape index (κ2) is 9.73. The number of nitrogen functional groups attached to an aromatic ring is 1. The van der Waals surface area contributed by atoms with Crippen molar-refractivity contribution in [1.29, 1.82) is 0 Å². The lowest BCUT2D eigenvalue weighted by atomic mass is 10.2. The largest absolute Gasteiger partial charge is 0.399 e. The first-order valence-electron chi connectivity index (χ1n) is 10.1. The van der Waals surface area contributed by atoms with E-state index < -0.39 is 15.9 Å². The van der Waals surface area contributed by atoms with Crippen molar-refractivity contribution in [2.24, 2.45) is 0 Å². The van der Waals surface area contributed by atoms with Crippen LogP contribution in [0.2, 0.25) is 0 Å². The predicted octanol–water partition coefficient (Wildman–Crippen LogP) is 4.75. The molecular weight excluding hydrogens is 501 g/mol. The average Bonchev–Trinajstić information content (AvgIpc) is 3.16. The van der Waals surface area contributed by atoms with Crippen molar-refractivity contribution in [3.05, 3.63) is 72.4 Å². The number of benzene rings is 2. The van der Waals surface area contributed by atoms with Gasteiger partial charge in [-0.1, -0.05) is 65.1 Å². The van der Waals surface area contributed by atoms with E-state index in [0.29, 0.717) is 23.9 Å². The van der Waals surface area contributed by atoms with E-state index in [-0.39, 0.29) is 0 Å². The smallest absolute Gasteiger partial charge is 0.245 e. The van der Waals surface area contributed by atoms with Crippen LogP contribution in [0, 0.1) is 0 Å². The molecule has 1 aliphatic rings. The number of hydrogen-bond acceptors (Lipinski definition) is 4. The Labute approximate surface area is 211 Å². The molecule has 0 saturated carbocycles. The first kappa shape index (κ1) is 23.6. The second-order valence-electron chi connectivity index (χ2n) is 7.43. The highest BCUT2D eigenvalue weighted by Gasteiger charge is 2.43. The Morgan fingerprint density at radius 1 is 1.12 bits per heavy atom. The molecule has 4 rings (SSSR count). The highest BCUT2D eigenvalue weighted by atomic mass is 35.6. The number of pyridine rings is 1. The third-order valence-electron chi connectivity index (χ3n) is 5.21. The summed E-state index contributed by atoms with van der Waals surface area (Å²) in [7, 11) is 0. The molecule has 1 aromatic heterocycles. The molecule has 3 N–H and O–H groups in total. The number of fused-ring (bicyclic) bond motifs is 1. The predicted molar refractivity (Wildman–Crippen MR) is 141 cm³/mol. The lowest BCUT2D eigenvalue weighted by molar-refractivity contribution is -0.117. The summed E-state index contributed by atoms with van der Waals surface area (Å²) >= 11 is 24.5. The Morgan fingerprint density at radius 3 is 2.58 bits per heavy atom. The van der Waals surface area contributed by atoms with Gasteiger partial charge in [-0.15, -0.1) is 0 Å². The van der Waals surface area contributed by atoms with Crippen LogP contribution in [0.3, 0.4) is 0 Å². The van der Waals surface area contributed by atoms with Crippen molar-refractivity contribution in [2.45, 2.75) is 9.96 Å². The second-order valence-corrected chi connectivity index (χ2v) is 10.2. The average molecular weight is 521 g/mol. The van der Waals surface area contributed by atoms with Gasteiger partial charge in [-0.3, -0.25) is 9.78 Å². The molecule has 1 saturated heterocycles. The third kappa shape index (κ3) is 5.33. The van der Waals surface area contributed by atoms with E-state index in [1.165, 1.54) is 6.08 Å². The summed E-state index contributed by atoms with van der Waals surface area (Å²) in [6, 6.07) is 16.9. The van der Waals surface area contributed by atoms with Crippen LogP contribution in [0.5, 0.6) is 0 Å². The fourth-order valence-corrected chi connectivity index (χ4v) is 4.52. The Balaban J connectivity index is 1.54. The molecule has 1 aliphatic heterocycles. The summed E-state index contributed by atoms with van der Waals surface area (Å²) in [5, 5.41) is 4.20. The summed E-state index contributed by atoms with van der Waals surface area (Å²) in [4.78, 5) is 20.8. The summed E-state index contributed by atoms with van der Waals surface area (Å²) in [6.45, 7) is 1.02. The van der Waals surface area contributed by atoms with Gasteiger partial charge in [0.2, 0.25) is 9.70 Å². The van der Waals surface area contributed by atoms with Crippen molar-refractivity contribution in [3.8, 4) is 0 Å². The number of para-hydroxylation sites is 1. The molecule has 0 radical (unpaired) electrons. The third-order valence-corrected chi connectivity index (χ3v) is 6.28. The first-order chi connectivity index (χ1) is 15.7. The van der Waals surface area contributed by atoms with Gasteiger partial charge in [0.1, 0.15) is 0 Å². The molecule has 2 aromatic carbocycles. The molecule has 170 valence electrons. The van der Waals surface area contributed by atoms with Crippen LogP contribution in [-0.4, -0.2) is 44.0 Å². The van der Waals surface area contributed by atoms with Gasteiger partial charge in [-0.2, -0.15) is 0 Å². The standard InChI is InChI=1S/C23H20Cl3N5OS/c24-23(25,26)21(29-19(32)11-8-15-6-9-17(27)10-7-15)31-14-13-30(22(31)33)18-5-1-3-16-4-2-12-28-20(16)18/h1-12,21H,13-14,27H2,(H,29,32)/b11-8+. The normalized spacial score (nSPS) is 15.4. The van der Waals surface area contributed by atoms with Crippen LogP contribution in [0.25, 0.3) is 17.0 Å². The Hall–Kier alpha value is -2.58. The van der Waals surface area contributed by atoms with E-state index in [1.807, 2.05) is 35.2 Å². The highest BCUT2D eigenvalue weighted by Crippen LogP contribution is 2.35. The Bertz CT molecular complexity index is 1210. The number of anilines is 2. The number of hydrogen-bond donors (Lipinski definition) is 2. The van der Waals surface area contributed by atoms with Crippen molar-refractivity contribution in [2.75, 3.05) is 23.7 Å². The quantitative estimate of drug-likeness (QED) is 0.219. The number of aromatic nitrogens is 1. The van der Waals surface area contributed by atoms with Gasteiger partial charge >= 0.3 is 0 Å². The fourth-order valence-electron chi connectivity index (χ4n) is 3.62. The van der Waals surface area contributed by atoms with E-state index in [9.17, 15) is 4.79 Å². The highest BCUT2D eigenvalue weighted by molar-refractivity contribution is 7.80. The molecule has 10 heteroatoms. The van der Waals surface area contributed by atoms with Gasteiger partial charge in [0, 0.05) is 36.4 Å². The number of nitrogens with zero attached hydrogens (tertiary/aromatic N) is 3. The number of thiocarbonyl (C=S) groups is 1. The number of rotatable bonds is 5. The van der Waals surface area contributed by atoms with Gasteiger partial charge in [-0.25, -0.2) is 0 Å². The molecule has 33 heavy (non-hydrogen) atoms. The minimum Gasteiger partial charge on any atom is -0.399 e. The van der Waals surface area contributed by atoms with Crippen LogP contribution in [0.1, 0.15) is 5.56 Å². The molecule has 0 spiro atoms. The van der Waals surface area contributed by atoms with E-state index in [4.69, 9.17) is 52.8 Å². The molecule has 1 atom stereocenters. The van der Waals surface area contributed by atoms with Crippen molar-refractivity contribution in [3.63, 3.8) is 0 Å². The number of amides is 1. The molecule has 0 bridgehead atoms. The van der Waals surface area contributed by atoms with Crippen molar-refractivity contribution in [1.82, 2.24) is 15.2 Å². The molecule has 1 amide bonds. The Morgan fingerprint density at radius 2 is 1.85 bits per heavy atom. The maximum absolute atomic E-state index is 12.6. The number of carbonyl (C=O) groups is 1. The summed E-state index contributed by atoms with van der Waals surface area (Å²) in [5.74, 6) is -0.420. The maximum Gasteiger partial charge on any atom is 0.245 e. The topological polar surface area (TPSA) is 74.5 Å². The van der Waals surface area contributed by atoms with E-state index >= 15 is 0 Å². The van der Waals surface area contributed by atoms with Gasteiger partial charge in [0.15, 0.2) is 11.3 Å². The number of nitrogens with one attached hydrogen (secondary N) is 1. The fraction of sp³-hybridized carbons (Fsp3) is 0.174. The van der Waals surface area contributed by atoms with E-state index in [0.717, 1.165) is 22.2 Å². The maximum atomic E-state index is 12.6. The van der Waals surface area contributed by atoms with E-state index in [2.05, 4.69) is 10.3 Å². The van der Waals surface area contributed by atoms with E-state index in [1.54, 1.807) is 41.4 Å². The molecule has 1 fully saturated rings. The van der Waals surface area contributed by atoms with Crippen LogP contribution < -0.4 is 16.0 Å².